The normalized spacial score (nSPS) is 10.6. The molecule has 2 rings (SSSR count). The van der Waals surface area contributed by atoms with Gasteiger partial charge in [0.15, 0.2) is 0 Å². The van der Waals surface area contributed by atoms with Crippen LogP contribution in [0.1, 0.15) is 11.5 Å². The van der Waals surface area contributed by atoms with Crippen LogP contribution in [0.4, 0.5) is 4.39 Å². The second kappa shape index (κ2) is 4.75. The minimum atomic E-state index is -0.438. The van der Waals surface area contributed by atoms with E-state index in [4.69, 9.17) is 20.8 Å². The molecule has 5 heteroatoms. The summed E-state index contributed by atoms with van der Waals surface area (Å²) in [6.45, 7) is 1.75. The van der Waals surface area contributed by atoms with Crippen molar-refractivity contribution >= 4 is 11.6 Å². The molecule has 0 aliphatic rings. The van der Waals surface area contributed by atoms with E-state index in [0.29, 0.717) is 22.8 Å². The fraction of sp³-hybridized carbons (Fsp3) is 0.250. The Labute approximate surface area is 103 Å². The van der Waals surface area contributed by atoms with Crippen LogP contribution in [-0.4, -0.2) is 12.1 Å². The van der Waals surface area contributed by atoms with Crippen LogP contribution >= 0.6 is 11.6 Å². The lowest BCUT2D eigenvalue weighted by Crippen LogP contribution is -1.88. The second-order valence-corrected chi connectivity index (χ2v) is 3.77. The summed E-state index contributed by atoms with van der Waals surface area (Å²) < 4.78 is 24.0. The third-order valence-electron chi connectivity index (χ3n) is 2.43. The third-order valence-corrected chi connectivity index (χ3v) is 2.68. The van der Waals surface area contributed by atoms with E-state index >= 15 is 0 Å². The van der Waals surface area contributed by atoms with Crippen LogP contribution in [0, 0.1) is 12.7 Å². The highest BCUT2D eigenvalue weighted by Gasteiger charge is 2.14. The lowest BCUT2D eigenvalue weighted by molar-refractivity contribution is 0.411. The molecule has 0 unspecified atom stereocenters. The minimum Gasteiger partial charge on any atom is -0.497 e. The first-order valence-electron chi connectivity index (χ1n) is 5.02. The van der Waals surface area contributed by atoms with Gasteiger partial charge < -0.3 is 9.15 Å². The number of halogens is 2. The van der Waals surface area contributed by atoms with Gasteiger partial charge in [0.1, 0.15) is 17.3 Å². The van der Waals surface area contributed by atoms with Gasteiger partial charge in [-0.3, -0.25) is 0 Å². The standard InChI is InChI=1S/C12H11ClFNO2/c1-7-11(6-13)15-12(17-7)9-4-3-8(16-2)5-10(9)14/h3-5H,6H2,1-2H3. The molecule has 3 nitrogen and oxygen atoms in total. The topological polar surface area (TPSA) is 35.3 Å². The van der Waals surface area contributed by atoms with Gasteiger partial charge in [0.05, 0.1) is 24.2 Å². The van der Waals surface area contributed by atoms with Crippen LogP contribution in [0.25, 0.3) is 11.5 Å². The maximum atomic E-state index is 13.8. The van der Waals surface area contributed by atoms with Gasteiger partial charge in [-0.15, -0.1) is 11.6 Å². The third kappa shape index (κ3) is 2.26. The highest BCUT2D eigenvalue weighted by molar-refractivity contribution is 6.16. The molecule has 0 aliphatic heterocycles. The van der Waals surface area contributed by atoms with E-state index in [1.807, 2.05) is 0 Å². The van der Waals surface area contributed by atoms with Gasteiger partial charge in [-0.1, -0.05) is 0 Å². The zero-order chi connectivity index (χ0) is 12.4. The Hall–Kier alpha value is -1.55. The number of oxazole rings is 1. The van der Waals surface area contributed by atoms with Crippen molar-refractivity contribution in [3.63, 3.8) is 0 Å². The minimum absolute atomic E-state index is 0.235. The van der Waals surface area contributed by atoms with Crippen molar-refractivity contribution in [2.45, 2.75) is 12.8 Å². The number of methoxy groups -OCH3 is 1. The van der Waals surface area contributed by atoms with Crippen LogP contribution in [0.5, 0.6) is 5.75 Å². The van der Waals surface area contributed by atoms with Crippen molar-refractivity contribution in [3.8, 4) is 17.2 Å². The predicted octanol–water partition coefficient (Wildman–Crippen LogP) is 3.54. The van der Waals surface area contributed by atoms with Crippen molar-refractivity contribution in [3.05, 3.63) is 35.5 Å². The SMILES string of the molecule is COc1ccc(-c2nc(CCl)c(C)o2)c(F)c1. The van der Waals surface area contributed by atoms with E-state index in [2.05, 4.69) is 4.98 Å². The molecule has 2 aromatic rings. The molecule has 1 aromatic carbocycles. The molecule has 0 spiro atoms. The molecular formula is C12H11ClFNO2. The summed E-state index contributed by atoms with van der Waals surface area (Å²) in [5, 5.41) is 0. The van der Waals surface area contributed by atoms with Gasteiger partial charge in [-0.05, 0) is 19.1 Å². The van der Waals surface area contributed by atoms with Crippen LogP contribution in [-0.2, 0) is 5.88 Å². The second-order valence-electron chi connectivity index (χ2n) is 3.50. The molecule has 0 radical (unpaired) electrons. The number of aromatic nitrogens is 1. The first kappa shape index (κ1) is 11.9. The molecule has 0 atom stereocenters. The predicted molar refractivity (Wildman–Crippen MR) is 62.7 cm³/mol. The summed E-state index contributed by atoms with van der Waals surface area (Å²) in [5.41, 5.74) is 0.919. The van der Waals surface area contributed by atoms with Crippen LogP contribution in [0.15, 0.2) is 22.6 Å². The Balaban J connectivity index is 2.45. The Morgan fingerprint density at radius 1 is 1.47 bits per heavy atom. The summed E-state index contributed by atoms with van der Waals surface area (Å²) in [5.74, 6) is 1.09. The quantitative estimate of drug-likeness (QED) is 0.787. The molecule has 0 bridgehead atoms. The zero-order valence-corrected chi connectivity index (χ0v) is 10.2. The molecular weight excluding hydrogens is 245 g/mol. The van der Waals surface area contributed by atoms with Gasteiger partial charge in [0.25, 0.3) is 0 Å². The number of hydrogen-bond donors (Lipinski definition) is 0. The molecule has 0 amide bonds. The highest BCUT2D eigenvalue weighted by Crippen LogP contribution is 2.27. The maximum Gasteiger partial charge on any atom is 0.229 e. The molecule has 0 fully saturated rings. The van der Waals surface area contributed by atoms with Crippen molar-refractivity contribution in [2.24, 2.45) is 0 Å². The van der Waals surface area contributed by atoms with Crippen molar-refractivity contribution in [1.82, 2.24) is 4.98 Å². The average molecular weight is 256 g/mol. The fourth-order valence-electron chi connectivity index (χ4n) is 1.46. The van der Waals surface area contributed by atoms with Crippen LogP contribution in [0.2, 0.25) is 0 Å². The lowest BCUT2D eigenvalue weighted by Gasteiger charge is -2.02. The molecule has 17 heavy (non-hydrogen) atoms. The van der Waals surface area contributed by atoms with Gasteiger partial charge in [0, 0.05) is 6.07 Å². The number of alkyl halides is 1. The summed E-state index contributed by atoms with van der Waals surface area (Å²) in [6.07, 6.45) is 0. The molecule has 1 heterocycles. The number of hydrogen-bond acceptors (Lipinski definition) is 3. The van der Waals surface area contributed by atoms with Crippen molar-refractivity contribution in [2.75, 3.05) is 7.11 Å². The molecule has 1 aromatic heterocycles. The Morgan fingerprint density at radius 3 is 2.76 bits per heavy atom. The smallest absolute Gasteiger partial charge is 0.229 e. The maximum absolute atomic E-state index is 13.8. The monoisotopic (exact) mass is 255 g/mol. The van der Waals surface area contributed by atoms with Gasteiger partial charge in [-0.2, -0.15) is 0 Å². The number of rotatable bonds is 3. The van der Waals surface area contributed by atoms with E-state index < -0.39 is 5.82 Å². The van der Waals surface area contributed by atoms with E-state index in [1.54, 1.807) is 19.1 Å². The molecule has 0 saturated heterocycles. The van der Waals surface area contributed by atoms with E-state index in [1.165, 1.54) is 13.2 Å². The van der Waals surface area contributed by atoms with Gasteiger partial charge >= 0.3 is 0 Å². The van der Waals surface area contributed by atoms with E-state index in [9.17, 15) is 4.39 Å². The summed E-state index contributed by atoms with van der Waals surface area (Å²) in [6, 6.07) is 4.50. The van der Waals surface area contributed by atoms with Gasteiger partial charge in [-0.25, -0.2) is 9.37 Å². The zero-order valence-electron chi connectivity index (χ0n) is 9.46. The van der Waals surface area contributed by atoms with Crippen LogP contribution < -0.4 is 4.74 Å². The number of aryl methyl sites for hydroxylation is 1. The average Bonchev–Trinajstić information content (AvgIpc) is 2.70. The molecule has 90 valence electrons. The summed E-state index contributed by atoms with van der Waals surface area (Å²) >= 11 is 5.68. The van der Waals surface area contributed by atoms with Crippen molar-refractivity contribution in [1.29, 1.82) is 0 Å². The Kier molecular flexibility index (Phi) is 3.33. The Morgan fingerprint density at radius 2 is 2.24 bits per heavy atom. The number of benzene rings is 1. The molecule has 0 N–H and O–H groups in total. The summed E-state index contributed by atoms with van der Waals surface area (Å²) in [7, 11) is 1.48. The Bertz CT molecular complexity index is 539. The first-order chi connectivity index (χ1) is 8.15. The van der Waals surface area contributed by atoms with E-state index in [0.717, 1.165) is 0 Å². The van der Waals surface area contributed by atoms with Crippen molar-refractivity contribution < 1.29 is 13.5 Å². The number of ether oxygens (including phenoxy) is 1. The molecule has 0 saturated carbocycles. The van der Waals surface area contributed by atoms with Gasteiger partial charge in [0.2, 0.25) is 5.89 Å². The largest absolute Gasteiger partial charge is 0.497 e. The first-order valence-corrected chi connectivity index (χ1v) is 5.55. The molecule has 0 aliphatic carbocycles. The van der Waals surface area contributed by atoms with Crippen LogP contribution in [0.3, 0.4) is 0 Å². The van der Waals surface area contributed by atoms with E-state index in [-0.39, 0.29) is 11.8 Å². The highest BCUT2D eigenvalue weighted by atomic mass is 35.5. The fourth-order valence-corrected chi connectivity index (χ4v) is 1.71. The lowest BCUT2D eigenvalue weighted by atomic mass is 10.2. The number of nitrogens with zero attached hydrogens (tertiary/aromatic N) is 1. The summed E-state index contributed by atoms with van der Waals surface area (Å²) in [4.78, 5) is 4.14.